The van der Waals surface area contributed by atoms with Gasteiger partial charge in [-0.15, -0.1) is 0 Å². The molecule has 0 aromatic carbocycles. The Hall–Kier alpha value is -1.22. The average Bonchev–Trinajstić information content (AvgIpc) is 2.23. The molecule has 0 aliphatic carbocycles. The van der Waals surface area contributed by atoms with Gasteiger partial charge in [0.25, 0.3) is 6.10 Å². The van der Waals surface area contributed by atoms with Crippen LogP contribution in [0, 0.1) is 0 Å². The van der Waals surface area contributed by atoms with E-state index in [4.69, 9.17) is 16.7 Å². The number of aliphatic hydroxyl groups is 1. The maximum Gasteiger partial charge on any atom is 0.434 e. The molecule has 0 bridgehead atoms. The predicted molar refractivity (Wildman–Crippen MR) is 51.7 cm³/mol. The zero-order chi connectivity index (χ0) is 14.8. The van der Waals surface area contributed by atoms with Crippen molar-refractivity contribution in [2.24, 2.45) is 0 Å². The van der Waals surface area contributed by atoms with Gasteiger partial charge in [-0.1, -0.05) is 11.6 Å². The van der Waals surface area contributed by atoms with Crippen LogP contribution < -0.4 is 4.74 Å². The summed E-state index contributed by atoms with van der Waals surface area (Å²) in [5, 5.41) is 8.13. The van der Waals surface area contributed by atoms with Crippen LogP contribution in [0.1, 0.15) is 5.56 Å². The van der Waals surface area contributed by atoms with Gasteiger partial charge >= 0.3 is 12.4 Å². The first-order chi connectivity index (χ1) is 8.55. The fourth-order valence-corrected chi connectivity index (χ4v) is 1.30. The van der Waals surface area contributed by atoms with Gasteiger partial charge in [0.05, 0.1) is 6.61 Å². The lowest BCUT2D eigenvalue weighted by Gasteiger charge is -2.23. The van der Waals surface area contributed by atoms with E-state index in [0.29, 0.717) is 0 Å². The minimum absolute atomic E-state index is 0.118. The molecular formula is C9H6ClF6NO2. The first kappa shape index (κ1) is 15.8. The zero-order valence-corrected chi connectivity index (χ0v) is 9.64. The van der Waals surface area contributed by atoms with Crippen LogP contribution in [0.4, 0.5) is 26.3 Å². The van der Waals surface area contributed by atoms with Crippen molar-refractivity contribution in [2.75, 3.05) is 0 Å². The Bertz CT molecular complexity index is 433. The summed E-state index contributed by atoms with van der Waals surface area (Å²) in [6.07, 6.45) is -14.5. The van der Waals surface area contributed by atoms with E-state index < -0.39 is 36.0 Å². The van der Waals surface area contributed by atoms with Crippen molar-refractivity contribution in [3.05, 3.63) is 22.8 Å². The highest BCUT2D eigenvalue weighted by Crippen LogP contribution is 2.37. The van der Waals surface area contributed by atoms with E-state index in [9.17, 15) is 26.3 Å². The third-order valence-corrected chi connectivity index (χ3v) is 2.14. The highest BCUT2D eigenvalue weighted by molar-refractivity contribution is 6.31. The van der Waals surface area contributed by atoms with Crippen molar-refractivity contribution < 1.29 is 36.2 Å². The number of pyridine rings is 1. The maximum atomic E-state index is 12.2. The summed E-state index contributed by atoms with van der Waals surface area (Å²) in [6, 6.07) is 0.952. The monoisotopic (exact) mass is 309 g/mol. The van der Waals surface area contributed by atoms with Gasteiger partial charge in [0, 0.05) is 6.20 Å². The molecule has 0 spiro atoms. The quantitative estimate of drug-likeness (QED) is 0.873. The Morgan fingerprint density at radius 1 is 1.21 bits per heavy atom. The minimum Gasteiger partial charge on any atom is -0.454 e. The van der Waals surface area contributed by atoms with E-state index >= 15 is 0 Å². The summed E-state index contributed by atoms with van der Waals surface area (Å²) >= 11 is 5.42. The number of hydrogen-bond acceptors (Lipinski definition) is 3. The smallest absolute Gasteiger partial charge is 0.434 e. The number of alkyl halides is 6. The van der Waals surface area contributed by atoms with Crippen LogP contribution in [0.2, 0.25) is 5.02 Å². The molecule has 10 heteroatoms. The standard InChI is InChI=1S/C9H6ClF6NO2/c10-5-1-4(3-18)2-17-6(5)19-7(8(11,12)13)9(14,15)16/h1-2,7,18H,3H2. The second-order valence-corrected chi connectivity index (χ2v) is 3.78. The van der Waals surface area contributed by atoms with E-state index in [1.54, 1.807) is 0 Å². The number of aliphatic hydroxyl groups excluding tert-OH is 1. The molecule has 1 N–H and O–H groups in total. The van der Waals surface area contributed by atoms with Crippen molar-refractivity contribution in [1.29, 1.82) is 0 Å². The van der Waals surface area contributed by atoms with Gasteiger partial charge < -0.3 is 9.84 Å². The molecule has 1 aromatic rings. The van der Waals surface area contributed by atoms with Crippen molar-refractivity contribution in [3.63, 3.8) is 0 Å². The first-order valence-corrected chi connectivity index (χ1v) is 4.99. The highest BCUT2D eigenvalue weighted by atomic mass is 35.5. The average molecular weight is 310 g/mol. The van der Waals surface area contributed by atoms with E-state index in [0.717, 1.165) is 12.3 Å². The Kier molecular flexibility index (Phi) is 4.51. The molecule has 0 saturated heterocycles. The van der Waals surface area contributed by atoms with Crippen LogP contribution in [-0.2, 0) is 6.61 Å². The van der Waals surface area contributed by atoms with Crippen LogP contribution in [0.5, 0.6) is 5.88 Å². The van der Waals surface area contributed by atoms with Crippen LogP contribution >= 0.6 is 11.6 Å². The van der Waals surface area contributed by atoms with Crippen LogP contribution in [-0.4, -0.2) is 28.5 Å². The second-order valence-electron chi connectivity index (χ2n) is 3.37. The van der Waals surface area contributed by atoms with Gasteiger partial charge in [0.1, 0.15) is 5.02 Å². The molecule has 19 heavy (non-hydrogen) atoms. The van der Waals surface area contributed by atoms with E-state index in [2.05, 4.69) is 9.72 Å². The maximum absolute atomic E-state index is 12.2. The van der Waals surface area contributed by atoms with Gasteiger partial charge in [-0.25, -0.2) is 4.98 Å². The van der Waals surface area contributed by atoms with E-state index in [1.165, 1.54) is 0 Å². The Balaban J connectivity index is 3.04. The van der Waals surface area contributed by atoms with Crippen molar-refractivity contribution in [2.45, 2.75) is 25.1 Å². The fourth-order valence-electron chi connectivity index (χ4n) is 1.07. The van der Waals surface area contributed by atoms with Gasteiger partial charge in [-0.05, 0) is 11.6 Å². The van der Waals surface area contributed by atoms with Crippen LogP contribution in [0.25, 0.3) is 0 Å². The third-order valence-electron chi connectivity index (χ3n) is 1.87. The number of ether oxygens (including phenoxy) is 1. The molecule has 108 valence electrons. The third kappa shape index (κ3) is 4.13. The first-order valence-electron chi connectivity index (χ1n) is 4.61. The molecule has 0 radical (unpaired) electrons. The molecule has 1 rings (SSSR count). The molecular weight excluding hydrogens is 304 g/mol. The molecule has 0 aliphatic rings. The molecule has 0 fully saturated rings. The van der Waals surface area contributed by atoms with Crippen molar-refractivity contribution in [3.8, 4) is 5.88 Å². The highest BCUT2D eigenvalue weighted by Gasteiger charge is 2.59. The van der Waals surface area contributed by atoms with Crippen LogP contribution in [0.3, 0.4) is 0 Å². The number of halogens is 7. The number of hydrogen-bond donors (Lipinski definition) is 1. The lowest BCUT2D eigenvalue weighted by atomic mass is 10.3. The molecule has 0 unspecified atom stereocenters. The normalized spacial score (nSPS) is 12.9. The van der Waals surface area contributed by atoms with E-state index in [1.807, 2.05) is 0 Å². The van der Waals surface area contributed by atoms with E-state index in [-0.39, 0.29) is 5.56 Å². The number of nitrogens with zero attached hydrogens (tertiary/aromatic N) is 1. The zero-order valence-electron chi connectivity index (χ0n) is 8.89. The topological polar surface area (TPSA) is 42.4 Å². The molecule has 1 heterocycles. The summed E-state index contributed by atoms with van der Waals surface area (Å²) in [7, 11) is 0. The fraction of sp³-hybridized carbons (Fsp3) is 0.444. The summed E-state index contributed by atoms with van der Waals surface area (Å²) in [5.41, 5.74) is 0.118. The Labute approximate surface area is 107 Å². The molecule has 1 aromatic heterocycles. The molecule has 0 amide bonds. The Morgan fingerprint density at radius 3 is 2.11 bits per heavy atom. The van der Waals surface area contributed by atoms with Crippen LogP contribution in [0.15, 0.2) is 12.3 Å². The summed E-state index contributed by atoms with van der Waals surface area (Å²) < 4.78 is 77.1. The van der Waals surface area contributed by atoms with Gasteiger partial charge in [0.15, 0.2) is 0 Å². The minimum atomic E-state index is -5.65. The largest absolute Gasteiger partial charge is 0.454 e. The predicted octanol–water partition coefficient (Wildman–Crippen LogP) is 3.10. The molecule has 0 atom stereocenters. The lowest BCUT2D eigenvalue weighted by molar-refractivity contribution is -0.300. The SMILES string of the molecule is OCc1cnc(OC(C(F)(F)F)C(F)(F)F)c(Cl)c1. The van der Waals surface area contributed by atoms with Crippen molar-refractivity contribution >= 4 is 11.6 Å². The van der Waals surface area contributed by atoms with Gasteiger partial charge in [-0.3, -0.25) is 0 Å². The number of aromatic nitrogens is 1. The molecule has 0 saturated carbocycles. The summed E-state index contributed by atoms with van der Waals surface area (Å²) in [5.74, 6) is -1.02. The number of rotatable bonds is 3. The second kappa shape index (κ2) is 5.41. The Morgan fingerprint density at radius 2 is 1.74 bits per heavy atom. The molecule has 0 aliphatic heterocycles. The van der Waals surface area contributed by atoms with Gasteiger partial charge in [0.2, 0.25) is 5.88 Å². The molecule has 3 nitrogen and oxygen atoms in total. The van der Waals surface area contributed by atoms with Crippen molar-refractivity contribution in [1.82, 2.24) is 4.98 Å². The summed E-state index contributed by atoms with van der Waals surface area (Å²) in [6.45, 7) is -0.519. The lowest BCUT2D eigenvalue weighted by Crippen LogP contribution is -2.46. The van der Waals surface area contributed by atoms with Gasteiger partial charge in [-0.2, -0.15) is 26.3 Å². The summed E-state index contributed by atoms with van der Waals surface area (Å²) in [4.78, 5) is 3.20.